The third kappa shape index (κ3) is 4.67. The van der Waals surface area contributed by atoms with Gasteiger partial charge in [-0.05, 0) is 48.9 Å². The second kappa shape index (κ2) is 7.71. The molecule has 0 aromatic heterocycles. The summed E-state index contributed by atoms with van der Waals surface area (Å²) in [6, 6.07) is 14.3. The highest BCUT2D eigenvalue weighted by molar-refractivity contribution is 6.30. The van der Waals surface area contributed by atoms with E-state index < -0.39 is 0 Å². The molecule has 0 saturated heterocycles. The molecule has 0 fully saturated rings. The average molecular weight is 320 g/mol. The number of ether oxygens (including phenoxy) is 2. The summed E-state index contributed by atoms with van der Waals surface area (Å²) in [5, 5.41) is 3.51. The fourth-order valence-electron chi connectivity index (χ4n) is 1.94. The molecule has 0 aliphatic heterocycles. The number of nitrogens with one attached hydrogen (secondary N) is 1. The average Bonchev–Trinajstić information content (AvgIpc) is 2.54. The molecule has 116 valence electrons. The Hall–Kier alpha value is -2.20. The van der Waals surface area contributed by atoms with Crippen molar-refractivity contribution in [3.63, 3.8) is 0 Å². The Kier molecular flexibility index (Phi) is 5.67. The van der Waals surface area contributed by atoms with Gasteiger partial charge >= 0.3 is 0 Å². The molecule has 5 heteroatoms. The van der Waals surface area contributed by atoms with Gasteiger partial charge in [-0.2, -0.15) is 0 Å². The van der Waals surface area contributed by atoms with Crippen LogP contribution in [0.2, 0.25) is 5.02 Å². The molecule has 4 nitrogen and oxygen atoms in total. The van der Waals surface area contributed by atoms with Crippen LogP contribution in [0.1, 0.15) is 18.5 Å². The second-order valence-corrected chi connectivity index (χ2v) is 5.24. The number of methoxy groups -OCH3 is 1. The number of halogens is 1. The Morgan fingerprint density at radius 1 is 1.09 bits per heavy atom. The fraction of sp³-hybridized carbons (Fsp3) is 0.235. The Balaban J connectivity index is 1.83. The van der Waals surface area contributed by atoms with E-state index in [9.17, 15) is 4.79 Å². The zero-order valence-corrected chi connectivity index (χ0v) is 13.3. The van der Waals surface area contributed by atoms with Crippen molar-refractivity contribution in [2.24, 2.45) is 0 Å². The number of carbonyl (C=O) groups is 1. The van der Waals surface area contributed by atoms with Crippen molar-refractivity contribution >= 4 is 17.5 Å². The molecule has 0 heterocycles. The number of hydrogen-bond donors (Lipinski definition) is 1. The smallest absolute Gasteiger partial charge is 0.258 e. The Morgan fingerprint density at radius 3 is 2.27 bits per heavy atom. The third-order valence-corrected chi connectivity index (χ3v) is 3.43. The normalized spacial score (nSPS) is 11.6. The van der Waals surface area contributed by atoms with E-state index in [0.29, 0.717) is 10.8 Å². The standard InChI is InChI=1S/C17H18ClNO3/c1-12(13-3-7-15(21-2)8-4-13)19-17(20)11-22-16-9-5-14(18)6-10-16/h3-10,12H,11H2,1-2H3,(H,19,20). The summed E-state index contributed by atoms with van der Waals surface area (Å²) in [4.78, 5) is 11.9. The van der Waals surface area contributed by atoms with E-state index in [2.05, 4.69) is 5.32 Å². The first-order valence-corrected chi connectivity index (χ1v) is 7.28. The number of benzene rings is 2. The molecular formula is C17H18ClNO3. The van der Waals surface area contributed by atoms with Crippen molar-refractivity contribution in [2.75, 3.05) is 13.7 Å². The first-order valence-electron chi connectivity index (χ1n) is 6.90. The molecule has 0 spiro atoms. The van der Waals surface area contributed by atoms with E-state index in [1.165, 1.54) is 0 Å². The third-order valence-electron chi connectivity index (χ3n) is 3.18. The SMILES string of the molecule is COc1ccc(C(C)NC(=O)COc2ccc(Cl)cc2)cc1. The minimum atomic E-state index is -0.182. The summed E-state index contributed by atoms with van der Waals surface area (Å²) in [6.07, 6.45) is 0. The molecule has 0 radical (unpaired) electrons. The van der Waals surface area contributed by atoms with Crippen LogP contribution in [-0.4, -0.2) is 19.6 Å². The lowest BCUT2D eigenvalue weighted by Gasteiger charge is -2.15. The van der Waals surface area contributed by atoms with E-state index in [-0.39, 0.29) is 18.6 Å². The summed E-state index contributed by atoms with van der Waals surface area (Å²) in [5.41, 5.74) is 1.00. The lowest BCUT2D eigenvalue weighted by Crippen LogP contribution is -2.31. The first kappa shape index (κ1) is 16.2. The lowest BCUT2D eigenvalue weighted by atomic mass is 10.1. The van der Waals surface area contributed by atoms with E-state index in [1.807, 2.05) is 31.2 Å². The molecule has 2 rings (SSSR count). The molecule has 1 atom stereocenters. The molecule has 0 saturated carbocycles. The van der Waals surface area contributed by atoms with Crippen molar-refractivity contribution in [3.05, 3.63) is 59.1 Å². The van der Waals surface area contributed by atoms with E-state index >= 15 is 0 Å². The topological polar surface area (TPSA) is 47.6 Å². The molecule has 22 heavy (non-hydrogen) atoms. The molecule has 0 bridgehead atoms. The van der Waals surface area contributed by atoms with Crippen LogP contribution in [0.3, 0.4) is 0 Å². The molecule has 0 aliphatic carbocycles. The molecule has 2 aromatic carbocycles. The van der Waals surface area contributed by atoms with Crippen LogP contribution in [0, 0.1) is 0 Å². The molecule has 0 aliphatic rings. The van der Waals surface area contributed by atoms with Crippen LogP contribution in [0.15, 0.2) is 48.5 Å². The number of hydrogen-bond acceptors (Lipinski definition) is 3. The number of amides is 1. The van der Waals surface area contributed by atoms with Crippen molar-refractivity contribution in [1.29, 1.82) is 0 Å². The van der Waals surface area contributed by atoms with E-state index in [1.54, 1.807) is 31.4 Å². The maximum atomic E-state index is 11.9. The van der Waals surface area contributed by atoms with Gasteiger partial charge in [0.2, 0.25) is 0 Å². The number of carbonyl (C=O) groups excluding carboxylic acids is 1. The van der Waals surface area contributed by atoms with Gasteiger partial charge < -0.3 is 14.8 Å². The maximum absolute atomic E-state index is 11.9. The molecular weight excluding hydrogens is 302 g/mol. The van der Waals surface area contributed by atoms with Crippen molar-refractivity contribution in [2.45, 2.75) is 13.0 Å². The van der Waals surface area contributed by atoms with Gasteiger partial charge in [0.1, 0.15) is 11.5 Å². The fourth-order valence-corrected chi connectivity index (χ4v) is 2.06. The van der Waals surface area contributed by atoms with Crippen LogP contribution in [0.25, 0.3) is 0 Å². The molecule has 1 N–H and O–H groups in total. The van der Waals surface area contributed by atoms with Gasteiger partial charge in [0, 0.05) is 5.02 Å². The first-order chi connectivity index (χ1) is 10.6. The minimum Gasteiger partial charge on any atom is -0.497 e. The Morgan fingerprint density at radius 2 is 1.68 bits per heavy atom. The van der Waals surface area contributed by atoms with Crippen molar-refractivity contribution in [3.8, 4) is 11.5 Å². The Bertz CT molecular complexity index is 611. The Labute approximate surface area is 135 Å². The summed E-state index contributed by atoms with van der Waals surface area (Å²) >= 11 is 5.79. The van der Waals surface area contributed by atoms with Gasteiger partial charge in [0.05, 0.1) is 13.2 Å². The highest BCUT2D eigenvalue weighted by Crippen LogP contribution is 2.18. The quantitative estimate of drug-likeness (QED) is 0.885. The van der Waals surface area contributed by atoms with Gasteiger partial charge in [-0.1, -0.05) is 23.7 Å². The van der Waals surface area contributed by atoms with Crippen LogP contribution in [-0.2, 0) is 4.79 Å². The van der Waals surface area contributed by atoms with Crippen molar-refractivity contribution < 1.29 is 14.3 Å². The summed E-state index contributed by atoms with van der Waals surface area (Å²) < 4.78 is 10.5. The molecule has 2 aromatic rings. The van der Waals surface area contributed by atoms with Crippen LogP contribution in [0.5, 0.6) is 11.5 Å². The van der Waals surface area contributed by atoms with Crippen LogP contribution in [0.4, 0.5) is 0 Å². The minimum absolute atomic E-state index is 0.0396. The van der Waals surface area contributed by atoms with Gasteiger partial charge in [0.25, 0.3) is 5.91 Å². The van der Waals surface area contributed by atoms with Gasteiger partial charge in [-0.25, -0.2) is 0 Å². The molecule has 1 unspecified atom stereocenters. The van der Waals surface area contributed by atoms with E-state index in [4.69, 9.17) is 21.1 Å². The lowest BCUT2D eigenvalue weighted by molar-refractivity contribution is -0.123. The van der Waals surface area contributed by atoms with E-state index in [0.717, 1.165) is 11.3 Å². The van der Waals surface area contributed by atoms with Gasteiger partial charge in [0.15, 0.2) is 6.61 Å². The monoisotopic (exact) mass is 319 g/mol. The largest absolute Gasteiger partial charge is 0.497 e. The molecule has 1 amide bonds. The summed E-state index contributed by atoms with van der Waals surface area (Å²) in [6.45, 7) is 1.88. The van der Waals surface area contributed by atoms with Gasteiger partial charge in [-0.3, -0.25) is 4.79 Å². The second-order valence-electron chi connectivity index (χ2n) is 4.80. The zero-order valence-electron chi connectivity index (χ0n) is 12.5. The summed E-state index contributed by atoms with van der Waals surface area (Å²) in [5.74, 6) is 1.21. The van der Waals surface area contributed by atoms with Crippen LogP contribution >= 0.6 is 11.6 Å². The zero-order chi connectivity index (χ0) is 15.9. The van der Waals surface area contributed by atoms with Gasteiger partial charge in [-0.15, -0.1) is 0 Å². The van der Waals surface area contributed by atoms with Crippen LogP contribution < -0.4 is 14.8 Å². The summed E-state index contributed by atoms with van der Waals surface area (Å²) in [7, 11) is 1.62. The maximum Gasteiger partial charge on any atom is 0.258 e. The highest BCUT2D eigenvalue weighted by Gasteiger charge is 2.10. The predicted molar refractivity (Wildman–Crippen MR) is 86.5 cm³/mol. The predicted octanol–water partition coefficient (Wildman–Crippen LogP) is 3.60. The highest BCUT2D eigenvalue weighted by atomic mass is 35.5. The van der Waals surface area contributed by atoms with Crippen molar-refractivity contribution in [1.82, 2.24) is 5.32 Å². The number of rotatable bonds is 6.